The SMILES string of the molecule is COc1ccc(C(=O)N2CCC(CN3CCCC(F)C3)CC2)cc1N1CCC(=O)NC1=O. The molecule has 4 amide bonds. The number of amides is 4. The third-order valence-corrected chi connectivity index (χ3v) is 6.64. The van der Waals surface area contributed by atoms with Gasteiger partial charge in [-0.1, -0.05) is 0 Å². The molecule has 32 heavy (non-hydrogen) atoms. The van der Waals surface area contributed by atoms with Crippen molar-refractivity contribution >= 4 is 23.5 Å². The Hall–Kier alpha value is -2.68. The Morgan fingerprint density at radius 3 is 2.62 bits per heavy atom. The molecular formula is C23H31FN4O4. The Balaban J connectivity index is 1.39. The van der Waals surface area contributed by atoms with E-state index < -0.39 is 12.2 Å². The minimum absolute atomic E-state index is 0.0809. The van der Waals surface area contributed by atoms with Crippen LogP contribution in [0.3, 0.4) is 0 Å². The van der Waals surface area contributed by atoms with Crippen LogP contribution in [0.1, 0.15) is 42.5 Å². The van der Waals surface area contributed by atoms with Crippen LogP contribution in [0.4, 0.5) is 14.9 Å². The van der Waals surface area contributed by atoms with E-state index in [1.54, 1.807) is 18.2 Å². The first kappa shape index (κ1) is 22.5. The molecule has 0 bridgehead atoms. The number of likely N-dealkylation sites (tertiary alicyclic amines) is 2. The Morgan fingerprint density at radius 2 is 1.94 bits per heavy atom. The number of alkyl halides is 1. The largest absolute Gasteiger partial charge is 0.495 e. The third kappa shape index (κ3) is 5.03. The maximum absolute atomic E-state index is 13.7. The molecule has 1 atom stereocenters. The smallest absolute Gasteiger partial charge is 0.328 e. The molecule has 174 valence electrons. The normalized spacial score (nSPS) is 23.2. The van der Waals surface area contributed by atoms with E-state index in [9.17, 15) is 18.8 Å². The van der Waals surface area contributed by atoms with Gasteiger partial charge in [0.15, 0.2) is 0 Å². The standard InChI is InChI=1S/C23H31FN4O4/c1-32-20-5-4-17(13-19(20)28-12-8-21(29)25-23(28)31)22(30)27-10-6-16(7-11-27)14-26-9-2-3-18(24)15-26/h4-5,13,16,18H,2-3,6-12,14-15H2,1H3,(H,25,29,31). The summed E-state index contributed by atoms with van der Waals surface area (Å²) in [6, 6.07) is 4.54. The number of ether oxygens (including phenoxy) is 1. The second kappa shape index (κ2) is 9.85. The maximum Gasteiger partial charge on any atom is 0.328 e. The van der Waals surface area contributed by atoms with Crippen molar-refractivity contribution in [2.75, 3.05) is 51.3 Å². The van der Waals surface area contributed by atoms with Crippen molar-refractivity contribution in [2.45, 2.75) is 38.3 Å². The first-order valence-electron chi connectivity index (χ1n) is 11.4. The van der Waals surface area contributed by atoms with Gasteiger partial charge >= 0.3 is 6.03 Å². The third-order valence-electron chi connectivity index (χ3n) is 6.64. The molecule has 0 saturated carbocycles. The van der Waals surface area contributed by atoms with Gasteiger partial charge in [0.05, 0.1) is 12.8 Å². The number of rotatable bonds is 5. The quantitative estimate of drug-likeness (QED) is 0.751. The molecule has 0 aromatic heterocycles. The average Bonchev–Trinajstić information content (AvgIpc) is 2.79. The zero-order chi connectivity index (χ0) is 22.7. The lowest BCUT2D eigenvalue weighted by Crippen LogP contribution is -2.49. The van der Waals surface area contributed by atoms with Gasteiger partial charge in [-0.2, -0.15) is 0 Å². The fraction of sp³-hybridized carbons (Fsp3) is 0.609. The zero-order valence-electron chi connectivity index (χ0n) is 18.5. The van der Waals surface area contributed by atoms with Crippen molar-refractivity contribution in [3.8, 4) is 5.75 Å². The molecule has 4 rings (SSSR count). The molecule has 3 saturated heterocycles. The van der Waals surface area contributed by atoms with Crippen molar-refractivity contribution in [2.24, 2.45) is 5.92 Å². The van der Waals surface area contributed by atoms with Gasteiger partial charge in [-0.3, -0.25) is 19.8 Å². The molecule has 1 aromatic rings. The van der Waals surface area contributed by atoms with Gasteiger partial charge in [0.2, 0.25) is 5.91 Å². The Morgan fingerprint density at radius 1 is 1.16 bits per heavy atom. The fourth-order valence-electron chi connectivity index (χ4n) is 4.86. The van der Waals surface area contributed by atoms with Crippen LogP contribution in [-0.2, 0) is 4.79 Å². The molecule has 3 aliphatic heterocycles. The van der Waals surface area contributed by atoms with Gasteiger partial charge in [-0.25, -0.2) is 9.18 Å². The highest BCUT2D eigenvalue weighted by molar-refractivity contribution is 6.07. The predicted octanol–water partition coefficient (Wildman–Crippen LogP) is 2.43. The summed E-state index contributed by atoms with van der Waals surface area (Å²) in [7, 11) is 1.51. The van der Waals surface area contributed by atoms with Gasteiger partial charge in [0.25, 0.3) is 5.91 Å². The number of halogens is 1. The van der Waals surface area contributed by atoms with Crippen molar-refractivity contribution < 1.29 is 23.5 Å². The summed E-state index contributed by atoms with van der Waals surface area (Å²) >= 11 is 0. The number of urea groups is 1. The van der Waals surface area contributed by atoms with Gasteiger partial charge in [0, 0.05) is 44.7 Å². The Kier molecular flexibility index (Phi) is 6.93. The van der Waals surface area contributed by atoms with Crippen molar-refractivity contribution in [3.63, 3.8) is 0 Å². The number of carbonyl (C=O) groups is 3. The molecule has 8 nitrogen and oxygen atoms in total. The van der Waals surface area contributed by atoms with Crippen molar-refractivity contribution in [3.05, 3.63) is 23.8 Å². The molecule has 3 aliphatic rings. The summed E-state index contributed by atoms with van der Waals surface area (Å²) in [6.45, 7) is 3.96. The molecule has 1 aromatic carbocycles. The van der Waals surface area contributed by atoms with Crippen LogP contribution >= 0.6 is 0 Å². The molecular weight excluding hydrogens is 415 g/mol. The summed E-state index contributed by atoms with van der Waals surface area (Å²) in [5, 5.41) is 2.30. The van der Waals surface area contributed by atoms with Crippen LogP contribution in [0.5, 0.6) is 5.75 Å². The van der Waals surface area contributed by atoms with E-state index in [1.165, 1.54) is 12.0 Å². The molecule has 1 unspecified atom stereocenters. The molecule has 3 fully saturated rings. The minimum Gasteiger partial charge on any atom is -0.495 e. The van der Waals surface area contributed by atoms with E-state index >= 15 is 0 Å². The number of benzene rings is 1. The van der Waals surface area contributed by atoms with Gasteiger partial charge in [-0.15, -0.1) is 0 Å². The van der Waals surface area contributed by atoms with E-state index in [2.05, 4.69) is 10.2 Å². The van der Waals surface area contributed by atoms with Crippen LogP contribution < -0.4 is 15.0 Å². The lowest BCUT2D eigenvalue weighted by Gasteiger charge is -2.37. The molecule has 0 radical (unpaired) electrons. The molecule has 9 heteroatoms. The van der Waals surface area contributed by atoms with E-state index in [-0.39, 0.29) is 24.8 Å². The van der Waals surface area contributed by atoms with Crippen LogP contribution in [0.2, 0.25) is 0 Å². The number of nitrogens with one attached hydrogen (secondary N) is 1. The fourth-order valence-corrected chi connectivity index (χ4v) is 4.86. The highest BCUT2D eigenvalue weighted by Crippen LogP contribution is 2.32. The second-order valence-electron chi connectivity index (χ2n) is 8.88. The Bertz CT molecular complexity index is 872. The van der Waals surface area contributed by atoms with E-state index in [4.69, 9.17) is 4.74 Å². The molecule has 0 spiro atoms. The summed E-state index contributed by atoms with van der Waals surface area (Å²) in [4.78, 5) is 42.4. The van der Waals surface area contributed by atoms with Gasteiger partial charge in [-0.05, 0) is 56.3 Å². The maximum atomic E-state index is 13.7. The summed E-state index contributed by atoms with van der Waals surface area (Å²) in [6.07, 6.45) is 2.87. The predicted molar refractivity (Wildman–Crippen MR) is 118 cm³/mol. The lowest BCUT2D eigenvalue weighted by molar-refractivity contribution is -0.120. The number of methoxy groups -OCH3 is 1. The number of piperidine rings is 2. The summed E-state index contributed by atoms with van der Waals surface area (Å²) in [5.41, 5.74) is 0.962. The number of anilines is 1. The average molecular weight is 447 g/mol. The lowest BCUT2D eigenvalue weighted by atomic mass is 9.94. The number of hydrogen-bond acceptors (Lipinski definition) is 5. The second-order valence-corrected chi connectivity index (χ2v) is 8.88. The number of nitrogens with zero attached hydrogens (tertiary/aromatic N) is 3. The highest BCUT2D eigenvalue weighted by Gasteiger charge is 2.30. The van der Waals surface area contributed by atoms with Gasteiger partial charge < -0.3 is 14.5 Å². The number of hydrogen-bond donors (Lipinski definition) is 1. The van der Waals surface area contributed by atoms with Crippen LogP contribution in [0.25, 0.3) is 0 Å². The molecule has 0 aliphatic carbocycles. The number of carbonyl (C=O) groups excluding carboxylic acids is 3. The summed E-state index contributed by atoms with van der Waals surface area (Å²) < 4.78 is 19.0. The van der Waals surface area contributed by atoms with Crippen molar-refractivity contribution in [1.29, 1.82) is 0 Å². The number of imide groups is 1. The monoisotopic (exact) mass is 446 g/mol. The van der Waals surface area contributed by atoms with Crippen LogP contribution in [0.15, 0.2) is 18.2 Å². The summed E-state index contributed by atoms with van der Waals surface area (Å²) in [5.74, 6) is 0.553. The molecule has 3 heterocycles. The Labute approximate surface area is 187 Å². The first-order chi connectivity index (χ1) is 15.4. The van der Waals surface area contributed by atoms with E-state index in [0.29, 0.717) is 49.0 Å². The van der Waals surface area contributed by atoms with Crippen LogP contribution in [0, 0.1) is 5.92 Å². The van der Waals surface area contributed by atoms with E-state index in [0.717, 1.165) is 32.4 Å². The van der Waals surface area contributed by atoms with Crippen LogP contribution in [-0.4, -0.2) is 80.2 Å². The first-order valence-corrected chi connectivity index (χ1v) is 11.4. The minimum atomic E-state index is -0.713. The highest BCUT2D eigenvalue weighted by atomic mass is 19.1. The topological polar surface area (TPSA) is 82.2 Å². The van der Waals surface area contributed by atoms with E-state index in [1.807, 2.05) is 4.90 Å². The zero-order valence-corrected chi connectivity index (χ0v) is 18.5. The van der Waals surface area contributed by atoms with Gasteiger partial charge in [0.1, 0.15) is 11.9 Å². The molecule has 1 N–H and O–H groups in total. The van der Waals surface area contributed by atoms with Crippen molar-refractivity contribution in [1.82, 2.24) is 15.1 Å².